The van der Waals surface area contributed by atoms with Crippen molar-refractivity contribution in [3.05, 3.63) is 69.8 Å². The van der Waals surface area contributed by atoms with Gasteiger partial charge in [0.1, 0.15) is 11.7 Å². The first-order valence-corrected chi connectivity index (χ1v) is 9.02. The number of carboxylic acid groups (broad SMARTS) is 1. The maximum Gasteiger partial charge on any atom is 0.326 e. The Balaban J connectivity index is 2.31. The van der Waals surface area contributed by atoms with Gasteiger partial charge < -0.3 is 20.2 Å². The topological polar surface area (TPSA) is 152 Å². The fourth-order valence-corrected chi connectivity index (χ4v) is 2.54. The zero-order valence-electron chi connectivity index (χ0n) is 16.3. The highest BCUT2D eigenvalue weighted by Crippen LogP contribution is 2.15. The minimum absolute atomic E-state index is 0.00575. The Morgan fingerprint density at radius 2 is 1.87 bits per heavy atom. The van der Waals surface area contributed by atoms with E-state index in [1.54, 1.807) is 0 Å². The zero-order chi connectivity index (χ0) is 22.3. The molecule has 0 radical (unpaired) electrons. The van der Waals surface area contributed by atoms with Crippen LogP contribution in [0.1, 0.15) is 36.4 Å². The molecule has 30 heavy (non-hydrogen) atoms. The molecule has 3 N–H and O–H groups in total. The van der Waals surface area contributed by atoms with E-state index in [4.69, 9.17) is 4.42 Å². The van der Waals surface area contributed by atoms with E-state index >= 15 is 0 Å². The second-order valence-corrected chi connectivity index (χ2v) is 6.83. The van der Waals surface area contributed by atoms with E-state index in [9.17, 15) is 29.6 Å². The summed E-state index contributed by atoms with van der Waals surface area (Å²) in [5.74, 6) is -2.77. The Morgan fingerprint density at radius 1 is 1.20 bits per heavy atom. The highest BCUT2D eigenvalue weighted by molar-refractivity contribution is 6.05. The summed E-state index contributed by atoms with van der Waals surface area (Å²) in [7, 11) is 0. The van der Waals surface area contributed by atoms with Gasteiger partial charge in [-0.3, -0.25) is 19.7 Å². The summed E-state index contributed by atoms with van der Waals surface area (Å²) in [5, 5.41) is 24.9. The summed E-state index contributed by atoms with van der Waals surface area (Å²) >= 11 is 0. The minimum atomic E-state index is -1.20. The normalized spacial score (nSPS) is 12.3. The lowest BCUT2D eigenvalue weighted by Gasteiger charge is -2.18. The lowest BCUT2D eigenvalue weighted by Crippen LogP contribution is -2.44. The summed E-state index contributed by atoms with van der Waals surface area (Å²) in [6.45, 7) is 3.63. The smallest absolute Gasteiger partial charge is 0.326 e. The number of hydrogen-bond acceptors (Lipinski definition) is 6. The third-order valence-corrected chi connectivity index (χ3v) is 3.96. The fraction of sp³-hybridized carbons (Fsp3) is 0.250. The van der Waals surface area contributed by atoms with Gasteiger partial charge in [-0.25, -0.2) is 4.79 Å². The molecule has 0 aliphatic rings. The Kier molecular flexibility index (Phi) is 7.45. The lowest BCUT2D eigenvalue weighted by molar-refractivity contribution is -0.384. The summed E-state index contributed by atoms with van der Waals surface area (Å²) in [6, 6.07) is 7.02. The molecule has 2 rings (SSSR count). The molecule has 0 bridgehead atoms. The van der Waals surface area contributed by atoms with Crippen molar-refractivity contribution in [2.45, 2.75) is 26.3 Å². The maximum atomic E-state index is 12.7. The Morgan fingerprint density at radius 3 is 2.37 bits per heavy atom. The number of carboxylic acids is 1. The van der Waals surface area contributed by atoms with Gasteiger partial charge in [-0.05, 0) is 48.2 Å². The van der Waals surface area contributed by atoms with Crippen molar-refractivity contribution in [1.82, 2.24) is 10.6 Å². The molecule has 10 heteroatoms. The third-order valence-electron chi connectivity index (χ3n) is 3.96. The lowest BCUT2D eigenvalue weighted by atomic mass is 10.0. The van der Waals surface area contributed by atoms with E-state index in [0.717, 1.165) is 0 Å². The van der Waals surface area contributed by atoms with Crippen molar-refractivity contribution in [3.63, 3.8) is 0 Å². The second-order valence-electron chi connectivity index (χ2n) is 6.83. The van der Waals surface area contributed by atoms with Crippen LogP contribution in [0.4, 0.5) is 5.69 Å². The molecule has 158 valence electrons. The first-order valence-electron chi connectivity index (χ1n) is 9.02. The predicted octanol–water partition coefficient (Wildman–Crippen LogP) is 2.57. The van der Waals surface area contributed by atoms with Crippen LogP contribution in [-0.2, 0) is 9.59 Å². The van der Waals surface area contributed by atoms with Crippen LogP contribution in [0.25, 0.3) is 6.08 Å². The number of non-ortho nitro benzene ring substituents is 1. The molecule has 2 amide bonds. The van der Waals surface area contributed by atoms with E-state index in [1.807, 2.05) is 13.8 Å². The number of amides is 2. The molecule has 1 atom stereocenters. The van der Waals surface area contributed by atoms with Gasteiger partial charge in [-0.2, -0.15) is 0 Å². The number of nitrogens with one attached hydrogen (secondary N) is 2. The molecule has 0 aliphatic heterocycles. The Bertz CT molecular complexity index is 947. The molecule has 1 aromatic carbocycles. The molecular formula is C20H21N3O7. The van der Waals surface area contributed by atoms with Crippen molar-refractivity contribution in [3.8, 4) is 0 Å². The van der Waals surface area contributed by atoms with Gasteiger partial charge in [0, 0.05) is 12.1 Å². The minimum Gasteiger partial charge on any atom is -0.480 e. The summed E-state index contributed by atoms with van der Waals surface area (Å²) in [4.78, 5) is 46.7. The highest BCUT2D eigenvalue weighted by Gasteiger charge is 2.24. The van der Waals surface area contributed by atoms with Crippen LogP contribution in [0.2, 0.25) is 0 Å². The molecule has 0 unspecified atom stereocenters. The molecule has 1 heterocycles. The molecule has 2 aromatic rings. The van der Waals surface area contributed by atoms with E-state index in [-0.39, 0.29) is 29.5 Å². The fourth-order valence-electron chi connectivity index (χ4n) is 2.54. The average Bonchev–Trinajstić information content (AvgIpc) is 3.21. The third kappa shape index (κ3) is 6.30. The van der Waals surface area contributed by atoms with Gasteiger partial charge >= 0.3 is 5.97 Å². The number of rotatable bonds is 9. The van der Waals surface area contributed by atoms with E-state index < -0.39 is 28.7 Å². The monoisotopic (exact) mass is 415 g/mol. The molecule has 0 saturated heterocycles. The number of aliphatic carboxylic acids is 1. The van der Waals surface area contributed by atoms with E-state index in [1.165, 1.54) is 48.7 Å². The van der Waals surface area contributed by atoms with Gasteiger partial charge in [0.2, 0.25) is 0 Å². The summed E-state index contributed by atoms with van der Waals surface area (Å²) < 4.78 is 5.00. The van der Waals surface area contributed by atoms with Gasteiger partial charge in [0.25, 0.3) is 17.5 Å². The number of benzene rings is 1. The SMILES string of the molecule is CC(C)C[C@@H](NC(=O)/C(=C\c1ccc([N+](=O)[O-])cc1)NC(=O)c1ccco1)C(=O)O. The predicted molar refractivity (Wildman–Crippen MR) is 106 cm³/mol. The van der Waals surface area contributed by atoms with Gasteiger partial charge in [0.15, 0.2) is 5.76 Å². The number of hydrogen-bond donors (Lipinski definition) is 3. The van der Waals surface area contributed by atoms with Gasteiger partial charge in [-0.15, -0.1) is 0 Å². The number of carbonyl (C=O) groups excluding carboxylic acids is 2. The number of nitro groups is 1. The summed E-state index contributed by atoms with van der Waals surface area (Å²) in [6.07, 6.45) is 2.77. The number of nitrogens with zero attached hydrogens (tertiary/aromatic N) is 1. The number of carbonyl (C=O) groups is 3. The van der Waals surface area contributed by atoms with Crippen LogP contribution in [0, 0.1) is 16.0 Å². The largest absolute Gasteiger partial charge is 0.480 e. The highest BCUT2D eigenvalue weighted by atomic mass is 16.6. The van der Waals surface area contributed by atoms with Crippen LogP contribution in [0.5, 0.6) is 0 Å². The van der Waals surface area contributed by atoms with Gasteiger partial charge in [0.05, 0.1) is 11.2 Å². The van der Waals surface area contributed by atoms with Crippen LogP contribution in [0.3, 0.4) is 0 Å². The first kappa shape index (κ1) is 22.3. The quantitative estimate of drug-likeness (QED) is 0.323. The van der Waals surface area contributed by atoms with E-state index in [2.05, 4.69) is 10.6 Å². The second kappa shape index (κ2) is 10.0. The number of furan rings is 1. The molecule has 0 spiro atoms. The number of nitro benzene ring substituents is 1. The van der Waals surface area contributed by atoms with Crippen LogP contribution in [-0.4, -0.2) is 33.9 Å². The maximum absolute atomic E-state index is 12.7. The van der Waals surface area contributed by atoms with Crippen LogP contribution in [0.15, 0.2) is 52.8 Å². The molecule has 1 aromatic heterocycles. The standard InChI is InChI=1S/C20H21N3O7/c1-12(2)10-16(20(26)27)22-18(24)15(21-19(25)17-4-3-9-30-17)11-13-5-7-14(8-6-13)23(28)29/h3-9,11-12,16H,10H2,1-2H3,(H,21,25)(H,22,24)(H,26,27)/b15-11+/t16-/m1/s1. The zero-order valence-corrected chi connectivity index (χ0v) is 16.3. The van der Waals surface area contributed by atoms with Crippen molar-refractivity contribution in [2.75, 3.05) is 0 Å². The average molecular weight is 415 g/mol. The molecular weight excluding hydrogens is 394 g/mol. The molecule has 10 nitrogen and oxygen atoms in total. The van der Waals surface area contributed by atoms with Crippen LogP contribution < -0.4 is 10.6 Å². The van der Waals surface area contributed by atoms with Crippen molar-refractivity contribution in [2.24, 2.45) is 5.92 Å². The van der Waals surface area contributed by atoms with Crippen LogP contribution >= 0.6 is 0 Å². The van der Waals surface area contributed by atoms with Gasteiger partial charge in [-0.1, -0.05) is 13.8 Å². The molecule has 0 fully saturated rings. The molecule has 0 saturated carbocycles. The van der Waals surface area contributed by atoms with Crippen molar-refractivity contribution in [1.29, 1.82) is 0 Å². The van der Waals surface area contributed by atoms with E-state index in [0.29, 0.717) is 5.56 Å². The Hall–Kier alpha value is -3.95. The summed E-state index contributed by atoms with van der Waals surface area (Å²) in [5.41, 5.74) is 0.0159. The molecule has 0 aliphatic carbocycles. The first-order chi connectivity index (χ1) is 14.2. The Labute approximate surface area is 171 Å². The van der Waals surface area contributed by atoms with Crippen molar-refractivity contribution >= 4 is 29.5 Å². The van der Waals surface area contributed by atoms with Crippen molar-refractivity contribution < 1.29 is 28.8 Å².